The van der Waals surface area contributed by atoms with E-state index in [-0.39, 0.29) is 18.4 Å². The van der Waals surface area contributed by atoms with Crippen LogP contribution in [0.4, 0.5) is 4.39 Å². The van der Waals surface area contributed by atoms with Crippen LogP contribution in [-0.4, -0.2) is 32.7 Å². The molecule has 1 heterocycles. The van der Waals surface area contributed by atoms with Crippen molar-refractivity contribution in [1.82, 2.24) is 14.7 Å². The zero-order valence-electron chi connectivity index (χ0n) is 12.9. The number of carbonyl (C=O) groups excluding carboxylic acids is 1. The van der Waals surface area contributed by atoms with E-state index in [1.807, 2.05) is 20.2 Å². The van der Waals surface area contributed by atoms with Crippen LogP contribution in [0.2, 0.25) is 0 Å². The van der Waals surface area contributed by atoms with Gasteiger partial charge in [0.1, 0.15) is 5.82 Å². The highest BCUT2D eigenvalue weighted by Gasteiger charge is 2.22. The van der Waals surface area contributed by atoms with E-state index in [1.54, 1.807) is 28.9 Å². The SMILES string of the molecule is CC(c1cnn(C)c1)N(C)C(=O)CC(O)c1cccc(F)c1. The molecule has 1 aromatic heterocycles. The van der Waals surface area contributed by atoms with Crippen LogP contribution in [0, 0.1) is 5.82 Å². The van der Waals surface area contributed by atoms with Crippen LogP contribution >= 0.6 is 0 Å². The molecule has 0 aliphatic rings. The normalized spacial score (nSPS) is 13.7. The van der Waals surface area contributed by atoms with Gasteiger partial charge in [-0.3, -0.25) is 9.48 Å². The number of aromatic nitrogens is 2. The lowest BCUT2D eigenvalue weighted by molar-refractivity contribution is -0.134. The van der Waals surface area contributed by atoms with Crippen molar-refractivity contribution in [2.24, 2.45) is 7.05 Å². The van der Waals surface area contributed by atoms with E-state index in [9.17, 15) is 14.3 Å². The first kappa shape index (κ1) is 16.2. The lowest BCUT2D eigenvalue weighted by Gasteiger charge is -2.25. The van der Waals surface area contributed by atoms with Gasteiger partial charge in [0.05, 0.1) is 24.8 Å². The predicted molar refractivity (Wildman–Crippen MR) is 80.4 cm³/mol. The maximum Gasteiger partial charge on any atom is 0.225 e. The number of benzene rings is 1. The fourth-order valence-corrected chi connectivity index (χ4v) is 2.24. The molecule has 0 saturated carbocycles. The number of hydrogen-bond donors (Lipinski definition) is 1. The van der Waals surface area contributed by atoms with Gasteiger partial charge in [0.2, 0.25) is 5.91 Å². The minimum absolute atomic E-state index is 0.0927. The van der Waals surface area contributed by atoms with Crippen molar-refractivity contribution in [3.05, 3.63) is 53.6 Å². The van der Waals surface area contributed by atoms with E-state index in [0.717, 1.165) is 5.56 Å². The minimum atomic E-state index is -1.02. The van der Waals surface area contributed by atoms with Gasteiger partial charge in [0, 0.05) is 25.9 Å². The lowest BCUT2D eigenvalue weighted by Crippen LogP contribution is -2.30. The summed E-state index contributed by atoms with van der Waals surface area (Å²) < 4.78 is 14.8. The van der Waals surface area contributed by atoms with E-state index in [0.29, 0.717) is 5.56 Å². The van der Waals surface area contributed by atoms with Crippen LogP contribution in [-0.2, 0) is 11.8 Å². The van der Waals surface area contributed by atoms with Gasteiger partial charge < -0.3 is 10.0 Å². The maximum absolute atomic E-state index is 13.2. The van der Waals surface area contributed by atoms with Gasteiger partial charge in [-0.05, 0) is 24.6 Å². The molecule has 0 saturated heterocycles. The molecule has 5 nitrogen and oxygen atoms in total. The number of hydrogen-bond acceptors (Lipinski definition) is 3. The van der Waals surface area contributed by atoms with Gasteiger partial charge >= 0.3 is 0 Å². The third-order valence-electron chi connectivity index (χ3n) is 3.78. The summed E-state index contributed by atoms with van der Waals surface area (Å²) in [6, 6.07) is 5.50. The van der Waals surface area contributed by atoms with Crippen LogP contribution in [0.25, 0.3) is 0 Å². The molecule has 1 amide bonds. The first-order valence-corrected chi connectivity index (χ1v) is 7.06. The van der Waals surface area contributed by atoms with Crippen LogP contribution in [0.15, 0.2) is 36.7 Å². The Morgan fingerprint density at radius 1 is 1.45 bits per heavy atom. The minimum Gasteiger partial charge on any atom is -0.388 e. The largest absolute Gasteiger partial charge is 0.388 e. The quantitative estimate of drug-likeness (QED) is 0.921. The van der Waals surface area contributed by atoms with Gasteiger partial charge in [-0.25, -0.2) is 4.39 Å². The Balaban J connectivity index is 2.01. The van der Waals surface area contributed by atoms with Crippen LogP contribution in [0.5, 0.6) is 0 Å². The van der Waals surface area contributed by atoms with Crippen molar-refractivity contribution in [2.45, 2.75) is 25.5 Å². The Morgan fingerprint density at radius 2 is 2.18 bits per heavy atom. The molecular weight excluding hydrogens is 285 g/mol. The standard InChI is InChI=1S/C16H20FN3O2/c1-11(13-9-18-19(2)10-13)20(3)16(22)8-15(21)12-5-4-6-14(17)7-12/h4-7,9-11,15,21H,8H2,1-3H3. The number of amides is 1. The van der Waals surface area contributed by atoms with Gasteiger partial charge in [-0.1, -0.05) is 12.1 Å². The number of aliphatic hydroxyl groups is 1. The van der Waals surface area contributed by atoms with Crippen LogP contribution in [0.1, 0.15) is 36.6 Å². The highest BCUT2D eigenvalue weighted by atomic mass is 19.1. The monoisotopic (exact) mass is 305 g/mol. The molecule has 2 aromatic rings. The zero-order chi connectivity index (χ0) is 16.3. The molecular formula is C16H20FN3O2. The summed E-state index contributed by atoms with van der Waals surface area (Å²) in [7, 11) is 3.49. The molecule has 0 radical (unpaired) electrons. The number of nitrogens with zero attached hydrogens (tertiary/aromatic N) is 3. The highest BCUT2D eigenvalue weighted by molar-refractivity contribution is 5.77. The van der Waals surface area contributed by atoms with Crippen molar-refractivity contribution in [1.29, 1.82) is 0 Å². The molecule has 2 atom stereocenters. The van der Waals surface area contributed by atoms with Crippen molar-refractivity contribution in [3.63, 3.8) is 0 Å². The smallest absolute Gasteiger partial charge is 0.225 e. The Labute approximate surface area is 129 Å². The Bertz CT molecular complexity index is 656. The molecule has 0 spiro atoms. The Morgan fingerprint density at radius 3 is 2.77 bits per heavy atom. The molecule has 118 valence electrons. The van der Waals surface area contributed by atoms with Crippen LogP contribution < -0.4 is 0 Å². The van der Waals surface area contributed by atoms with Crippen molar-refractivity contribution < 1.29 is 14.3 Å². The molecule has 6 heteroatoms. The molecule has 0 aliphatic heterocycles. The topological polar surface area (TPSA) is 58.4 Å². The van der Waals surface area contributed by atoms with Gasteiger partial charge in [-0.2, -0.15) is 5.10 Å². The first-order valence-electron chi connectivity index (χ1n) is 7.06. The summed E-state index contributed by atoms with van der Waals surface area (Å²) in [5, 5.41) is 14.2. The second-order valence-corrected chi connectivity index (χ2v) is 5.40. The number of rotatable bonds is 5. The lowest BCUT2D eigenvalue weighted by atomic mass is 10.0. The third kappa shape index (κ3) is 3.71. The summed E-state index contributed by atoms with van der Waals surface area (Å²) in [5.41, 5.74) is 1.31. The zero-order valence-corrected chi connectivity index (χ0v) is 12.9. The first-order chi connectivity index (χ1) is 10.4. The molecule has 2 unspecified atom stereocenters. The summed E-state index contributed by atoms with van der Waals surface area (Å²) in [6.45, 7) is 1.89. The number of halogens is 1. The van der Waals surface area contributed by atoms with E-state index in [2.05, 4.69) is 5.10 Å². The van der Waals surface area contributed by atoms with Crippen molar-refractivity contribution in [3.8, 4) is 0 Å². The number of carbonyl (C=O) groups is 1. The Kier molecular flexibility index (Phi) is 4.92. The van der Waals surface area contributed by atoms with Gasteiger partial charge in [0.15, 0.2) is 0 Å². The van der Waals surface area contributed by atoms with E-state index < -0.39 is 11.9 Å². The van der Waals surface area contributed by atoms with E-state index >= 15 is 0 Å². The fraction of sp³-hybridized carbons (Fsp3) is 0.375. The summed E-state index contributed by atoms with van der Waals surface area (Å²) >= 11 is 0. The second kappa shape index (κ2) is 6.70. The molecule has 0 bridgehead atoms. The molecule has 0 aliphatic carbocycles. The van der Waals surface area contributed by atoms with Crippen LogP contribution in [0.3, 0.4) is 0 Å². The molecule has 1 aromatic carbocycles. The molecule has 0 fully saturated rings. The summed E-state index contributed by atoms with van der Waals surface area (Å²) in [4.78, 5) is 13.8. The Hall–Kier alpha value is -2.21. The van der Waals surface area contributed by atoms with E-state index in [4.69, 9.17) is 0 Å². The average Bonchev–Trinajstić information content (AvgIpc) is 2.92. The average molecular weight is 305 g/mol. The number of aryl methyl sites for hydroxylation is 1. The fourth-order valence-electron chi connectivity index (χ4n) is 2.24. The molecule has 22 heavy (non-hydrogen) atoms. The number of aliphatic hydroxyl groups excluding tert-OH is 1. The van der Waals surface area contributed by atoms with E-state index in [1.165, 1.54) is 18.2 Å². The van der Waals surface area contributed by atoms with Gasteiger partial charge in [-0.15, -0.1) is 0 Å². The van der Waals surface area contributed by atoms with Crippen molar-refractivity contribution >= 4 is 5.91 Å². The highest BCUT2D eigenvalue weighted by Crippen LogP contribution is 2.22. The molecule has 1 N–H and O–H groups in total. The van der Waals surface area contributed by atoms with Crippen molar-refractivity contribution in [2.75, 3.05) is 7.05 Å². The summed E-state index contributed by atoms with van der Waals surface area (Å²) in [5.74, 6) is -0.644. The maximum atomic E-state index is 13.2. The third-order valence-corrected chi connectivity index (χ3v) is 3.78. The van der Waals surface area contributed by atoms with Gasteiger partial charge in [0.25, 0.3) is 0 Å². The second-order valence-electron chi connectivity index (χ2n) is 5.40. The predicted octanol–water partition coefficient (Wildman–Crippen LogP) is 2.20. The summed E-state index contributed by atoms with van der Waals surface area (Å²) in [6.07, 6.45) is 2.44. The molecule has 2 rings (SSSR count).